The van der Waals surface area contributed by atoms with E-state index in [4.69, 9.17) is 15.9 Å². The molecule has 0 unspecified atom stereocenters. The summed E-state index contributed by atoms with van der Waals surface area (Å²) < 4.78 is 5.72. The van der Waals surface area contributed by atoms with Gasteiger partial charge in [0.2, 0.25) is 0 Å². The van der Waals surface area contributed by atoms with Gasteiger partial charge in [0.25, 0.3) is 0 Å². The van der Waals surface area contributed by atoms with Crippen LogP contribution in [-0.4, -0.2) is 17.4 Å². The molecule has 0 atom stereocenters. The summed E-state index contributed by atoms with van der Waals surface area (Å²) >= 11 is 1.44. The number of rotatable bonds is 5. The molecule has 0 amide bonds. The first-order valence-corrected chi connectivity index (χ1v) is 6.86. The van der Waals surface area contributed by atoms with Crippen molar-refractivity contribution in [2.45, 2.75) is 20.3 Å². The quantitative estimate of drug-likeness (QED) is 0.651. The molecule has 3 N–H and O–H groups in total. The van der Waals surface area contributed by atoms with Gasteiger partial charge in [0.1, 0.15) is 11.6 Å². The van der Waals surface area contributed by atoms with Gasteiger partial charge in [-0.2, -0.15) is 0 Å². The number of hydrogen-bond acceptors (Lipinski definition) is 4. The fourth-order valence-electron chi connectivity index (χ4n) is 1.82. The smallest absolute Gasteiger partial charge is 0.134 e. The van der Waals surface area contributed by atoms with E-state index in [0.717, 1.165) is 17.2 Å². The van der Waals surface area contributed by atoms with Crippen LogP contribution in [0.5, 0.6) is 5.75 Å². The minimum Gasteiger partial charge on any atom is -0.493 e. The van der Waals surface area contributed by atoms with Crippen LogP contribution in [0.3, 0.4) is 0 Å². The Morgan fingerprint density at radius 1 is 1.32 bits per heavy atom. The zero-order chi connectivity index (χ0) is 13.8. The van der Waals surface area contributed by atoms with Crippen molar-refractivity contribution < 1.29 is 4.74 Å². The molecule has 0 spiro atoms. The highest BCUT2D eigenvalue weighted by atomic mass is 32.1. The molecular formula is C14H17N3OS. The molecule has 1 aromatic carbocycles. The van der Waals surface area contributed by atoms with Crippen molar-refractivity contribution in [3.8, 4) is 5.75 Å². The third-order valence-electron chi connectivity index (χ3n) is 2.60. The van der Waals surface area contributed by atoms with E-state index in [0.29, 0.717) is 11.5 Å². The first-order chi connectivity index (χ1) is 9.04. The van der Waals surface area contributed by atoms with Crippen molar-refractivity contribution >= 4 is 17.2 Å². The highest BCUT2D eigenvalue weighted by molar-refractivity contribution is 7.13. The topological polar surface area (TPSA) is 72.0 Å². The highest BCUT2D eigenvalue weighted by Crippen LogP contribution is 2.17. The lowest BCUT2D eigenvalue weighted by Gasteiger charge is -2.07. The minimum absolute atomic E-state index is 0.0685. The van der Waals surface area contributed by atoms with E-state index in [-0.39, 0.29) is 5.84 Å². The third-order valence-corrected chi connectivity index (χ3v) is 3.69. The van der Waals surface area contributed by atoms with E-state index in [2.05, 4.69) is 24.9 Å². The molecule has 0 aliphatic heterocycles. The summed E-state index contributed by atoms with van der Waals surface area (Å²) in [5, 5.41) is 8.26. The zero-order valence-electron chi connectivity index (χ0n) is 11.1. The number of nitrogens with one attached hydrogen (secondary N) is 1. The summed E-state index contributed by atoms with van der Waals surface area (Å²) in [6.07, 6.45) is 2.37. The number of thiazole rings is 1. The van der Waals surface area contributed by atoms with Crippen LogP contribution in [0.4, 0.5) is 0 Å². The molecule has 0 fully saturated rings. The van der Waals surface area contributed by atoms with Crippen LogP contribution in [0.1, 0.15) is 21.0 Å². The number of nitrogen functional groups attached to an aromatic ring is 1. The summed E-state index contributed by atoms with van der Waals surface area (Å²) in [6.45, 7) is 4.69. The lowest BCUT2D eigenvalue weighted by atomic mass is 10.1. The molecule has 2 rings (SSSR count). The Balaban J connectivity index is 1.90. The molecule has 1 heterocycles. The molecular weight excluding hydrogens is 258 g/mol. The van der Waals surface area contributed by atoms with Crippen molar-refractivity contribution in [2.24, 2.45) is 5.73 Å². The Morgan fingerprint density at radius 2 is 2.00 bits per heavy atom. The number of nitrogens with zero attached hydrogens (tertiary/aromatic N) is 1. The van der Waals surface area contributed by atoms with Crippen LogP contribution < -0.4 is 10.5 Å². The number of benzene rings is 1. The Morgan fingerprint density at radius 3 is 2.58 bits per heavy atom. The molecule has 5 heteroatoms. The fraction of sp³-hybridized carbons (Fsp3) is 0.286. The molecule has 2 aromatic rings. The molecule has 4 nitrogen and oxygen atoms in total. The van der Waals surface area contributed by atoms with Crippen LogP contribution in [-0.2, 0) is 6.42 Å². The van der Waals surface area contributed by atoms with E-state index in [1.54, 1.807) is 6.20 Å². The second-order valence-electron chi connectivity index (χ2n) is 4.45. The number of aromatic nitrogens is 1. The van der Waals surface area contributed by atoms with E-state index in [9.17, 15) is 0 Å². The van der Waals surface area contributed by atoms with Crippen molar-refractivity contribution in [2.75, 3.05) is 6.61 Å². The van der Waals surface area contributed by atoms with Gasteiger partial charge in [-0.1, -0.05) is 6.07 Å². The monoisotopic (exact) mass is 275 g/mol. The van der Waals surface area contributed by atoms with Gasteiger partial charge in [-0.25, -0.2) is 4.98 Å². The predicted octanol–water partition coefficient (Wildman–Crippen LogP) is 2.67. The lowest BCUT2D eigenvalue weighted by molar-refractivity contribution is 0.321. The summed E-state index contributed by atoms with van der Waals surface area (Å²) in [5.41, 5.74) is 7.80. The number of nitrogens with two attached hydrogens (primary N) is 1. The van der Waals surface area contributed by atoms with Gasteiger partial charge < -0.3 is 10.5 Å². The van der Waals surface area contributed by atoms with E-state index in [1.165, 1.54) is 22.5 Å². The van der Waals surface area contributed by atoms with Crippen molar-refractivity contribution in [1.82, 2.24) is 4.98 Å². The van der Waals surface area contributed by atoms with Gasteiger partial charge in [-0.3, -0.25) is 5.41 Å². The van der Waals surface area contributed by atoms with E-state index in [1.807, 2.05) is 12.1 Å². The third kappa shape index (κ3) is 3.79. The first-order valence-electron chi connectivity index (χ1n) is 6.05. The number of hydrogen-bond donors (Lipinski definition) is 2. The summed E-state index contributed by atoms with van der Waals surface area (Å²) in [6, 6.07) is 6.17. The molecule has 1 aromatic heterocycles. The van der Waals surface area contributed by atoms with Gasteiger partial charge >= 0.3 is 0 Å². The summed E-state index contributed by atoms with van der Waals surface area (Å²) in [4.78, 5) is 4.93. The van der Waals surface area contributed by atoms with Crippen molar-refractivity contribution in [3.05, 3.63) is 45.4 Å². The number of ether oxygens (including phenoxy) is 1. The van der Waals surface area contributed by atoms with Crippen LogP contribution in [0.15, 0.2) is 24.4 Å². The summed E-state index contributed by atoms with van der Waals surface area (Å²) in [7, 11) is 0. The van der Waals surface area contributed by atoms with Crippen LogP contribution in [0.2, 0.25) is 0 Å². The Kier molecular flexibility index (Phi) is 4.16. The number of amidine groups is 1. The Labute approximate surface area is 116 Å². The van der Waals surface area contributed by atoms with Gasteiger partial charge in [0.05, 0.1) is 16.5 Å². The SMILES string of the molecule is Cc1cc(C)cc(OCCc2ncc(C(=N)N)s2)c1. The Bertz CT molecular complexity index is 572. The van der Waals surface area contributed by atoms with Gasteiger partial charge in [0.15, 0.2) is 0 Å². The molecule has 19 heavy (non-hydrogen) atoms. The molecule has 0 radical (unpaired) electrons. The first kappa shape index (κ1) is 13.5. The fourth-order valence-corrected chi connectivity index (χ4v) is 2.58. The van der Waals surface area contributed by atoms with Crippen molar-refractivity contribution in [3.63, 3.8) is 0 Å². The average molecular weight is 275 g/mol. The van der Waals surface area contributed by atoms with Gasteiger partial charge in [0, 0.05) is 12.6 Å². The second-order valence-corrected chi connectivity index (χ2v) is 5.57. The highest BCUT2D eigenvalue weighted by Gasteiger charge is 2.04. The maximum atomic E-state index is 7.32. The number of aryl methyl sites for hydroxylation is 2. The van der Waals surface area contributed by atoms with E-state index >= 15 is 0 Å². The molecule has 0 saturated heterocycles. The van der Waals surface area contributed by atoms with Crippen LogP contribution in [0.25, 0.3) is 0 Å². The maximum Gasteiger partial charge on any atom is 0.134 e. The molecule has 0 saturated carbocycles. The Hall–Kier alpha value is -1.88. The molecule has 0 aliphatic rings. The second kappa shape index (κ2) is 5.84. The molecule has 0 bridgehead atoms. The zero-order valence-corrected chi connectivity index (χ0v) is 11.9. The van der Waals surface area contributed by atoms with Gasteiger partial charge in [-0.15, -0.1) is 11.3 Å². The lowest BCUT2D eigenvalue weighted by Crippen LogP contribution is -2.08. The van der Waals surface area contributed by atoms with Crippen molar-refractivity contribution in [1.29, 1.82) is 5.41 Å². The standard InChI is InChI=1S/C14H17N3OS/c1-9-5-10(2)7-11(6-9)18-4-3-13-17-8-12(19-13)14(15)16/h5-8H,3-4H2,1-2H3,(H3,15,16). The van der Waals surface area contributed by atoms with Gasteiger partial charge in [-0.05, 0) is 37.1 Å². The average Bonchev–Trinajstić information content (AvgIpc) is 2.76. The van der Waals surface area contributed by atoms with Crippen LogP contribution >= 0.6 is 11.3 Å². The van der Waals surface area contributed by atoms with Crippen LogP contribution in [0, 0.1) is 19.3 Å². The summed E-state index contributed by atoms with van der Waals surface area (Å²) in [5.74, 6) is 0.958. The molecule has 100 valence electrons. The largest absolute Gasteiger partial charge is 0.493 e. The predicted molar refractivity (Wildman–Crippen MR) is 78.2 cm³/mol. The van der Waals surface area contributed by atoms with E-state index < -0.39 is 0 Å². The molecule has 0 aliphatic carbocycles. The normalized spacial score (nSPS) is 10.4. The maximum absolute atomic E-state index is 7.32. The minimum atomic E-state index is 0.0685.